The van der Waals surface area contributed by atoms with E-state index in [9.17, 15) is 13.2 Å². The number of hydrogen-bond donors (Lipinski definition) is 2. The van der Waals surface area contributed by atoms with Gasteiger partial charge in [-0.3, -0.25) is 0 Å². The summed E-state index contributed by atoms with van der Waals surface area (Å²) >= 11 is 0. The number of aliphatic carboxylic acids is 1. The van der Waals surface area contributed by atoms with Crippen molar-refractivity contribution >= 4 is 12.0 Å². The quantitative estimate of drug-likeness (QED) is 0.625. The van der Waals surface area contributed by atoms with Crippen molar-refractivity contribution in [1.82, 2.24) is 9.97 Å². The van der Waals surface area contributed by atoms with Gasteiger partial charge in [0.25, 0.3) is 6.02 Å². The molecule has 0 radical (unpaired) electrons. The van der Waals surface area contributed by atoms with Gasteiger partial charge < -0.3 is 25.1 Å². The van der Waals surface area contributed by atoms with E-state index in [0.29, 0.717) is 6.61 Å². The molecule has 0 saturated heterocycles. The van der Waals surface area contributed by atoms with Crippen molar-refractivity contribution < 1.29 is 37.3 Å². The van der Waals surface area contributed by atoms with Crippen LogP contribution in [-0.2, 0) is 19.8 Å². The Balaban J connectivity index is 0.000000355. The molecule has 1 spiro atoms. The van der Waals surface area contributed by atoms with Crippen molar-refractivity contribution in [2.75, 3.05) is 13.2 Å². The fourth-order valence-electron chi connectivity index (χ4n) is 5.19. The van der Waals surface area contributed by atoms with Gasteiger partial charge in [-0.05, 0) is 55.7 Å². The summed E-state index contributed by atoms with van der Waals surface area (Å²) in [5.74, 6) is -0.950. The number of fused-ring (bicyclic) bond motifs is 4. The second-order valence-corrected chi connectivity index (χ2v) is 9.78. The van der Waals surface area contributed by atoms with Gasteiger partial charge in [0.15, 0.2) is 0 Å². The van der Waals surface area contributed by atoms with Crippen LogP contribution in [0.4, 0.5) is 13.2 Å². The normalized spacial score (nSPS) is 28.1. The Hall–Kier alpha value is -3.41. The van der Waals surface area contributed by atoms with Crippen LogP contribution in [0.15, 0.2) is 41.9 Å². The molecule has 0 bridgehead atoms. The molecule has 2 aromatic rings. The summed E-state index contributed by atoms with van der Waals surface area (Å²) in [4.78, 5) is 22.1. The molecule has 9 nitrogen and oxygen atoms in total. The number of aliphatic imine (C=N–C) groups is 1. The predicted molar refractivity (Wildman–Crippen MR) is 125 cm³/mol. The minimum atomic E-state index is -5.08. The molecule has 2 saturated carbocycles. The summed E-state index contributed by atoms with van der Waals surface area (Å²) in [6.45, 7) is 1.33. The Kier molecular flexibility index (Phi) is 6.69. The summed E-state index contributed by atoms with van der Waals surface area (Å²) < 4.78 is 50.2. The van der Waals surface area contributed by atoms with E-state index in [0.717, 1.165) is 54.2 Å². The van der Waals surface area contributed by atoms with Crippen molar-refractivity contribution in [3.8, 4) is 16.9 Å². The number of hydrogen-bond acceptors (Lipinski definition) is 8. The molecule has 1 aromatic carbocycles. The number of amidine groups is 1. The highest BCUT2D eigenvalue weighted by molar-refractivity contribution is 5.75. The smallest absolute Gasteiger partial charge is 0.490 e. The third kappa shape index (κ3) is 5.34. The number of halogens is 3. The molecule has 1 aromatic heterocycles. The van der Waals surface area contributed by atoms with E-state index >= 15 is 0 Å². The molecule has 3 N–H and O–H groups in total. The van der Waals surface area contributed by atoms with Gasteiger partial charge in [0.05, 0.1) is 6.10 Å². The molecular weight excluding hydrogens is 493 g/mol. The molecule has 2 aliphatic carbocycles. The fourth-order valence-corrected chi connectivity index (χ4v) is 5.19. The van der Waals surface area contributed by atoms with Gasteiger partial charge in [0.1, 0.15) is 30.3 Å². The van der Waals surface area contributed by atoms with Crippen molar-refractivity contribution in [1.29, 1.82) is 0 Å². The zero-order chi connectivity index (χ0) is 26.2. The molecule has 12 heteroatoms. The average molecular weight is 521 g/mol. The molecule has 0 amide bonds. The topological polar surface area (TPSA) is 129 Å². The minimum absolute atomic E-state index is 0.0995. The summed E-state index contributed by atoms with van der Waals surface area (Å²) in [6, 6.07) is 6.49. The van der Waals surface area contributed by atoms with Gasteiger partial charge in [-0.2, -0.15) is 13.2 Å². The number of alkyl halides is 3. The van der Waals surface area contributed by atoms with Crippen LogP contribution in [0.3, 0.4) is 0 Å². The summed E-state index contributed by atoms with van der Waals surface area (Å²) in [7, 11) is 0. The number of benzene rings is 1. The van der Waals surface area contributed by atoms with Crippen LogP contribution >= 0.6 is 0 Å². The van der Waals surface area contributed by atoms with Crippen molar-refractivity contribution in [2.45, 2.75) is 56.0 Å². The molecule has 37 heavy (non-hydrogen) atoms. The van der Waals surface area contributed by atoms with E-state index in [-0.39, 0.29) is 24.1 Å². The highest BCUT2D eigenvalue weighted by Crippen LogP contribution is 2.53. The maximum Gasteiger partial charge on any atom is 0.490 e. The van der Waals surface area contributed by atoms with Crippen molar-refractivity contribution in [2.24, 2.45) is 22.6 Å². The van der Waals surface area contributed by atoms with Gasteiger partial charge in [-0.15, -0.1) is 0 Å². The number of ether oxygens (including phenoxy) is 3. The summed E-state index contributed by atoms with van der Waals surface area (Å²) in [6.07, 6.45) is 5.95. The third-order valence-corrected chi connectivity index (χ3v) is 7.23. The molecule has 4 atom stereocenters. The highest BCUT2D eigenvalue weighted by atomic mass is 19.4. The number of carboxylic acid groups (broad SMARTS) is 1. The average Bonchev–Trinajstić information content (AvgIpc) is 3.64. The van der Waals surface area contributed by atoms with E-state index in [1.165, 1.54) is 19.2 Å². The van der Waals surface area contributed by atoms with Crippen LogP contribution < -0.4 is 10.5 Å². The molecular formula is C25H27F3N4O5. The maximum absolute atomic E-state index is 10.6. The lowest BCUT2D eigenvalue weighted by Gasteiger charge is -2.48. The largest absolute Gasteiger partial charge is 0.490 e. The van der Waals surface area contributed by atoms with E-state index in [2.05, 4.69) is 22.1 Å². The third-order valence-electron chi connectivity index (χ3n) is 7.23. The first-order valence-electron chi connectivity index (χ1n) is 12.1. The van der Waals surface area contributed by atoms with Gasteiger partial charge in [-0.25, -0.2) is 19.8 Å². The van der Waals surface area contributed by atoms with Crippen LogP contribution in [-0.4, -0.2) is 58.7 Å². The summed E-state index contributed by atoms with van der Waals surface area (Å²) in [5, 5.41) is 7.12. The Morgan fingerprint density at radius 1 is 1.16 bits per heavy atom. The van der Waals surface area contributed by atoms with E-state index in [1.807, 2.05) is 18.5 Å². The van der Waals surface area contributed by atoms with Crippen LogP contribution in [0.1, 0.15) is 37.7 Å². The molecule has 3 heterocycles. The molecule has 198 valence electrons. The van der Waals surface area contributed by atoms with Crippen molar-refractivity contribution in [3.63, 3.8) is 0 Å². The number of carboxylic acids is 1. The zero-order valence-corrected chi connectivity index (χ0v) is 19.9. The lowest BCUT2D eigenvalue weighted by Crippen LogP contribution is -2.52. The second kappa shape index (κ2) is 9.81. The Morgan fingerprint density at radius 2 is 1.89 bits per heavy atom. The highest BCUT2D eigenvalue weighted by Gasteiger charge is 2.55. The summed E-state index contributed by atoms with van der Waals surface area (Å²) in [5.41, 5.74) is 8.55. The molecule has 6 rings (SSSR count). The first-order chi connectivity index (χ1) is 17.7. The van der Waals surface area contributed by atoms with Crippen LogP contribution in [0, 0.1) is 11.8 Å². The minimum Gasteiger partial charge on any atom is -0.490 e. The first kappa shape index (κ1) is 25.2. The molecule has 1 unspecified atom stereocenters. The standard InChI is InChI=1S/C23H26N4O3.C2HF3O2/c24-22-27-23(12-29-22)18-7-15(16-9-25-13-26-10-16)3-5-20(18)30-21-6-4-17(8-19(21)23)28-11-14-1-2-14;3-2(4,5)1(6)7/h3,5,7,9-10,13-14,17,19,21H,1-2,4,6,8,11-12H2,(H2,24,27);(H,6,7)/t17-,19?,21+,23-;/m1./s1. The number of carbonyl (C=O) groups is 1. The Bertz CT molecular complexity index is 1170. The second-order valence-electron chi connectivity index (χ2n) is 9.78. The van der Waals surface area contributed by atoms with Crippen LogP contribution in [0.2, 0.25) is 0 Å². The van der Waals surface area contributed by atoms with Gasteiger partial charge >= 0.3 is 12.1 Å². The fraction of sp³-hybridized carbons (Fsp3) is 0.520. The number of nitrogens with two attached hydrogens (primary N) is 1. The lowest BCUT2D eigenvalue weighted by molar-refractivity contribution is -0.192. The lowest BCUT2D eigenvalue weighted by atomic mass is 9.67. The van der Waals surface area contributed by atoms with E-state index in [4.69, 9.17) is 34.8 Å². The number of rotatable bonds is 4. The SMILES string of the molecule is NC1=N[C@]2(CO1)c1cc(-c3cncnc3)ccc1O[C@H]1CC[C@@H](OCC3CC3)CC12.O=C(O)C(F)(F)F. The number of aromatic nitrogens is 2. The maximum atomic E-state index is 10.6. The molecule has 4 aliphatic rings. The first-order valence-corrected chi connectivity index (χ1v) is 12.1. The molecule has 2 aliphatic heterocycles. The zero-order valence-electron chi connectivity index (χ0n) is 19.9. The monoisotopic (exact) mass is 520 g/mol. The Morgan fingerprint density at radius 3 is 2.51 bits per heavy atom. The Labute approximate surface area is 210 Å². The van der Waals surface area contributed by atoms with Crippen LogP contribution in [0.5, 0.6) is 5.75 Å². The van der Waals surface area contributed by atoms with Gasteiger partial charge in [0.2, 0.25) is 0 Å². The molecule has 2 fully saturated rings. The van der Waals surface area contributed by atoms with Crippen molar-refractivity contribution in [3.05, 3.63) is 42.5 Å². The van der Waals surface area contributed by atoms with E-state index < -0.39 is 17.7 Å². The predicted octanol–water partition coefficient (Wildman–Crippen LogP) is 3.67. The van der Waals surface area contributed by atoms with Gasteiger partial charge in [-0.1, -0.05) is 6.07 Å². The van der Waals surface area contributed by atoms with Crippen LogP contribution in [0.25, 0.3) is 11.1 Å². The van der Waals surface area contributed by atoms with Gasteiger partial charge in [0, 0.05) is 36.0 Å². The van der Waals surface area contributed by atoms with E-state index in [1.54, 1.807) is 0 Å². The number of nitrogens with zero attached hydrogens (tertiary/aromatic N) is 3.